The van der Waals surface area contributed by atoms with Gasteiger partial charge in [0.05, 0.1) is 0 Å². The zero-order chi connectivity index (χ0) is 9.97. The molecule has 0 spiro atoms. The monoisotopic (exact) mass is 207 g/mol. The van der Waals surface area contributed by atoms with Gasteiger partial charge in [-0.25, -0.2) is 0 Å². The first-order valence-corrected chi connectivity index (χ1v) is 5.99. The number of hydrogen-bond donors (Lipinski definition) is 0. The maximum absolute atomic E-state index is 2.94. The van der Waals surface area contributed by atoms with Gasteiger partial charge in [0.25, 0.3) is 0 Å². The van der Waals surface area contributed by atoms with Crippen molar-refractivity contribution in [2.45, 2.75) is 25.4 Å². The van der Waals surface area contributed by atoms with Crippen molar-refractivity contribution < 1.29 is 0 Å². The first-order chi connectivity index (χ1) is 6.75. The molecule has 1 heterocycles. The summed E-state index contributed by atoms with van der Waals surface area (Å²) < 4.78 is 0. The van der Waals surface area contributed by atoms with Crippen molar-refractivity contribution in [3.05, 3.63) is 29.8 Å². The minimum atomic E-state index is 0.830. The van der Waals surface area contributed by atoms with E-state index >= 15 is 0 Å². The molecule has 0 aromatic heterocycles. The highest BCUT2D eigenvalue weighted by Crippen LogP contribution is 2.23. The summed E-state index contributed by atoms with van der Waals surface area (Å²) in [7, 11) is 2.94. The average molecular weight is 207 g/mol. The van der Waals surface area contributed by atoms with E-state index in [1.54, 1.807) is 0 Å². The summed E-state index contributed by atoms with van der Waals surface area (Å²) in [4.78, 5) is 2.49. The van der Waals surface area contributed by atoms with Gasteiger partial charge in [-0.3, -0.25) is 0 Å². The quantitative estimate of drug-likeness (QED) is 0.640. The van der Waals surface area contributed by atoms with Crippen LogP contribution in [0.15, 0.2) is 24.3 Å². The third kappa shape index (κ3) is 2.27. The van der Waals surface area contributed by atoms with E-state index in [1.165, 1.54) is 37.2 Å². The van der Waals surface area contributed by atoms with Crippen LogP contribution < -0.4 is 4.90 Å². The Kier molecular flexibility index (Phi) is 3.08. The van der Waals surface area contributed by atoms with Gasteiger partial charge in [-0.15, -0.1) is 9.24 Å². The number of aryl methyl sites for hydroxylation is 1. The maximum Gasteiger partial charge on any atom is 0.0366 e. The molecule has 0 radical (unpaired) electrons. The van der Waals surface area contributed by atoms with Crippen molar-refractivity contribution >= 4 is 14.9 Å². The second-order valence-electron chi connectivity index (χ2n) is 4.16. The van der Waals surface area contributed by atoms with Crippen LogP contribution in [0.2, 0.25) is 0 Å². The predicted octanol–water partition coefficient (Wildman–Crippen LogP) is 2.84. The Bertz CT molecular complexity index is 286. The molecular formula is C12H18NP. The normalized spacial score (nSPS) is 18.6. The van der Waals surface area contributed by atoms with Crippen molar-refractivity contribution in [1.29, 1.82) is 0 Å². The fraction of sp³-hybridized carbons (Fsp3) is 0.500. The first-order valence-electron chi connectivity index (χ1n) is 5.33. The summed E-state index contributed by atoms with van der Waals surface area (Å²) in [6, 6.07) is 8.86. The highest BCUT2D eigenvalue weighted by Gasteiger charge is 2.15. The molecule has 14 heavy (non-hydrogen) atoms. The zero-order valence-electron chi connectivity index (χ0n) is 8.74. The van der Waals surface area contributed by atoms with Crippen molar-refractivity contribution in [2.24, 2.45) is 0 Å². The molecular weight excluding hydrogens is 189 g/mol. The number of piperidine rings is 1. The molecule has 2 heteroatoms. The average Bonchev–Trinajstić information content (AvgIpc) is 2.21. The number of hydrogen-bond acceptors (Lipinski definition) is 1. The van der Waals surface area contributed by atoms with Crippen LogP contribution in [0.25, 0.3) is 0 Å². The largest absolute Gasteiger partial charge is 0.371 e. The van der Waals surface area contributed by atoms with Gasteiger partial charge in [0.1, 0.15) is 0 Å². The Morgan fingerprint density at radius 2 is 1.71 bits per heavy atom. The molecule has 1 aliphatic rings. The van der Waals surface area contributed by atoms with Crippen molar-refractivity contribution in [3.8, 4) is 0 Å². The molecule has 1 fully saturated rings. The second kappa shape index (κ2) is 4.31. The second-order valence-corrected chi connectivity index (χ2v) is 5.10. The van der Waals surface area contributed by atoms with E-state index in [1.807, 2.05) is 0 Å². The van der Waals surface area contributed by atoms with E-state index in [-0.39, 0.29) is 0 Å². The Hall–Kier alpha value is -0.550. The molecule has 1 saturated heterocycles. The Morgan fingerprint density at radius 3 is 2.29 bits per heavy atom. The predicted molar refractivity (Wildman–Crippen MR) is 66.1 cm³/mol. The fourth-order valence-electron chi connectivity index (χ4n) is 1.91. The van der Waals surface area contributed by atoms with Crippen molar-refractivity contribution in [3.63, 3.8) is 0 Å². The van der Waals surface area contributed by atoms with Crippen LogP contribution in [0.1, 0.15) is 18.4 Å². The highest BCUT2D eigenvalue weighted by atomic mass is 31.0. The lowest BCUT2D eigenvalue weighted by Crippen LogP contribution is -2.33. The molecule has 1 atom stereocenters. The molecule has 0 amide bonds. The number of anilines is 1. The van der Waals surface area contributed by atoms with Gasteiger partial charge in [-0.05, 0) is 37.6 Å². The lowest BCUT2D eigenvalue weighted by molar-refractivity contribution is 0.591. The van der Waals surface area contributed by atoms with E-state index in [2.05, 4.69) is 45.3 Å². The van der Waals surface area contributed by atoms with Crippen LogP contribution in [-0.4, -0.2) is 18.7 Å². The SMILES string of the molecule is Cc1ccc(N2CCC(P)CC2)cc1. The first kappa shape index (κ1) is 9.98. The zero-order valence-corrected chi connectivity index (χ0v) is 9.89. The molecule has 1 aromatic carbocycles. The molecule has 0 aliphatic carbocycles. The third-order valence-corrected chi connectivity index (χ3v) is 3.61. The summed E-state index contributed by atoms with van der Waals surface area (Å²) >= 11 is 0. The molecule has 0 bridgehead atoms. The lowest BCUT2D eigenvalue weighted by Gasteiger charge is -2.32. The maximum atomic E-state index is 2.94. The molecule has 76 valence electrons. The van der Waals surface area contributed by atoms with Crippen LogP contribution in [0, 0.1) is 6.92 Å². The Labute approximate surface area is 88.7 Å². The van der Waals surface area contributed by atoms with Gasteiger partial charge in [0.15, 0.2) is 0 Å². The summed E-state index contributed by atoms with van der Waals surface area (Å²) in [5, 5.41) is 0. The van der Waals surface area contributed by atoms with E-state index in [9.17, 15) is 0 Å². The van der Waals surface area contributed by atoms with Gasteiger partial charge in [-0.2, -0.15) is 0 Å². The molecule has 1 aliphatic heterocycles. The highest BCUT2D eigenvalue weighted by molar-refractivity contribution is 7.17. The van der Waals surface area contributed by atoms with Crippen LogP contribution in [-0.2, 0) is 0 Å². The standard InChI is InChI=1S/C12H18NP/c1-10-2-4-11(5-3-10)13-8-6-12(14)7-9-13/h2-5,12H,6-9,14H2,1H3. The van der Waals surface area contributed by atoms with Gasteiger partial charge < -0.3 is 4.90 Å². The van der Waals surface area contributed by atoms with E-state index in [0.29, 0.717) is 0 Å². The van der Waals surface area contributed by atoms with E-state index < -0.39 is 0 Å². The van der Waals surface area contributed by atoms with Crippen molar-refractivity contribution in [2.75, 3.05) is 18.0 Å². The summed E-state index contributed by atoms with van der Waals surface area (Å²) in [6.45, 7) is 4.55. The lowest BCUT2D eigenvalue weighted by atomic mass is 10.1. The van der Waals surface area contributed by atoms with E-state index in [4.69, 9.17) is 0 Å². The smallest absolute Gasteiger partial charge is 0.0366 e. The van der Waals surface area contributed by atoms with Crippen LogP contribution >= 0.6 is 9.24 Å². The summed E-state index contributed by atoms with van der Waals surface area (Å²) in [5.74, 6) is 0. The Balaban J connectivity index is 2.05. The Morgan fingerprint density at radius 1 is 1.14 bits per heavy atom. The van der Waals surface area contributed by atoms with E-state index in [0.717, 1.165) is 5.66 Å². The van der Waals surface area contributed by atoms with Crippen molar-refractivity contribution in [1.82, 2.24) is 0 Å². The number of rotatable bonds is 1. The molecule has 1 nitrogen and oxygen atoms in total. The summed E-state index contributed by atoms with van der Waals surface area (Å²) in [5.41, 5.74) is 3.55. The van der Waals surface area contributed by atoms with Gasteiger partial charge in [-0.1, -0.05) is 17.7 Å². The number of benzene rings is 1. The third-order valence-electron chi connectivity index (χ3n) is 2.94. The molecule has 1 aromatic rings. The fourth-order valence-corrected chi connectivity index (χ4v) is 2.21. The van der Waals surface area contributed by atoms with Crippen LogP contribution in [0.3, 0.4) is 0 Å². The minimum Gasteiger partial charge on any atom is -0.371 e. The van der Waals surface area contributed by atoms with Gasteiger partial charge >= 0.3 is 0 Å². The molecule has 0 N–H and O–H groups in total. The molecule has 2 rings (SSSR count). The van der Waals surface area contributed by atoms with Crippen LogP contribution in [0.4, 0.5) is 5.69 Å². The summed E-state index contributed by atoms with van der Waals surface area (Å²) in [6.07, 6.45) is 2.61. The topological polar surface area (TPSA) is 3.24 Å². The minimum absolute atomic E-state index is 0.830. The molecule has 1 unspecified atom stereocenters. The van der Waals surface area contributed by atoms with Crippen LogP contribution in [0.5, 0.6) is 0 Å². The number of nitrogens with zero attached hydrogens (tertiary/aromatic N) is 1. The molecule has 0 saturated carbocycles. The van der Waals surface area contributed by atoms with Gasteiger partial charge in [0, 0.05) is 18.8 Å². The van der Waals surface area contributed by atoms with Gasteiger partial charge in [0.2, 0.25) is 0 Å².